The summed E-state index contributed by atoms with van der Waals surface area (Å²) < 4.78 is 5.42. The highest BCUT2D eigenvalue weighted by Gasteiger charge is 2.19. The van der Waals surface area contributed by atoms with E-state index in [-0.39, 0.29) is 23.9 Å². The number of rotatable bonds is 6. The van der Waals surface area contributed by atoms with Crippen molar-refractivity contribution in [2.75, 3.05) is 32.7 Å². The smallest absolute Gasteiger partial charge is 0.227 e. The Balaban J connectivity index is 1.50. The van der Waals surface area contributed by atoms with Crippen molar-refractivity contribution >= 4 is 6.08 Å². The standard InChI is InChI=1S/C20H24N2O4/c23-15-17-13-18(24)20(25)19(26-17)14-22-11-9-21(10-12-22)8-4-7-16-5-2-1-3-6-16/h1-7,13,23,25H,8-12,14-15H2. The SMILES string of the molecule is O=c1cc(CO)oc(CN2CCN(CC=Cc3ccccc3)CC2)c1O. The van der Waals surface area contributed by atoms with E-state index in [9.17, 15) is 9.90 Å². The van der Waals surface area contributed by atoms with Crippen LogP contribution in [0.1, 0.15) is 17.1 Å². The van der Waals surface area contributed by atoms with Crippen LogP contribution in [-0.4, -0.2) is 52.7 Å². The number of aromatic hydroxyl groups is 1. The van der Waals surface area contributed by atoms with E-state index in [4.69, 9.17) is 9.52 Å². The van der Waals surface area contributed by atoms with E-state index < -0.39 is 5.43 Å². The highest BCUT2D eigenvalue weighted by atomic mass is 16.4. The molecule has 0 bridgehead atoms. The first-order valence-corrected chi connectivity index (χ1v) is 8.77. The van der Waals surface area contributed by atoms with Gasteiger partial charge in [0.05, 0.1) is 6.54 Å². The highest BCUT2D eigenvalue weighted by molar-refractivity contribution is 5.48. The fourth-order valence-corrected chi connectivity index (χ4v) is 3.01. The molecule has 0 aliphatic carbocycles. The molecule has 0 amide bonds. The molecule has 6 heteroatoms. The van der Waals surface area contributed by atoms with Gasteiger partial charge in [-0.2, -0.15) is 0 Å². The molecule has 0 atom stereocenters. The maximum absolute atomic E-state index is 11.7. The first-order valence-electron chi connectivity index (χ1n) is 8.77. The summed E-state index contributed by atoms with van der Waals surface area (Å²) >= 11 is 0. The number of nitrogens with zero attached hydrogens (tertiary/aromatic N) is 2. The van der Waals surface area contributed by atoms with Crippen molar-refractivity contribution in [1.29, 1.82) is 0 Å². The lowest BCUT2D eigenvalue weighted by molar-refractivity contribution is 0.125. The van der Waals surface area contributed by atoms with Crippen LogP contribution >= 0.6 is 0 Å². The average Bonchev–Trinajstić information content (AvgIpc) is 2.67. The Kier molecular flexibility index (Phi) is 6.22. The monoisotopic (exact) mass is 356 g/mol. The summed E-state index contributed by atoms with van der Waals surface area (Å²) in [6.45, 7) is 4.36. The van der Waals surface area contributed by atoms with Gasteiger partial charge in [-0.05, 0) is 5.56 Å². The van der Waals surface area contributed by atoms with Gasteiger partial charge in [-0.3, -0.25) is 14.6 Å². The predicted octanol–water partition coefficient (Wildman–Crippen LogP) is 1.67. The molecule has 1 aromatic heterocycles. The molecule has 3 rings (SSSR count). The van der Waals surface area contributed by atoms with Crippen LogP contribution < -0.4 is 5.43 Å². The van der Waals surface area contributed by atoms with Gasteiger partial charge in [0.15, 0.2) is 5.76 Å². The van der Waals surface area contributed by atoms with Gasteiger partial charge >= 0.3 is 0 Å². The van der Waals surface area contributed by atoms with E-state index in [1.54, 1.807) is 0 Å². The fourth-order valence-electron chi connectivity index (χ4n) is 3.01. The molecule has 1 aliphatic heterocycles. The lowest BCUT2D eigenvalue weighted by Crippen LogP contribution is -2.45. The molecule has 2 aromatic rings. The van der Waals surface area contributed by atoms with Gasteiger partial charge in [-0.25, -0.2) is 0 Å². The lowest BCUT2D eigenvalue weighted by Gasteiger charge is -2.33. The summed E-state index contributed by atoms with van der Waals surface area (Å²) in [5.41, 5.74) is 0.681. The summed E-state index contributed by atoms with van der Waals surface area (Å²) in [4.78, 5) is 16.2. The maximum Gasteiger partial charge on any atom is 0.227 e. The third-order valence-corrected chi connectivity index (χ3v) is 4.51. The van der Waals surface area contributed by atoms with Crippen LogP contribution in [0.3, 0.4) is 0 Å². The van der Waals surface area contributed by atoms with Crippen molar-refractivity contribution in [2.24, 2.45) is 0 Å². The molecule has 1 fully saturated rings. The molecule has 138 valence electrons. The normalized spacial score (nSPS) is 16.3. The minimum Gasteiger partial charge on any atom is -0.502 e. The van der Waals surface area contributed by atoms with Crippen LogP contribution in [0, 0.1) is 0 Å². The van der Waals surface area contributed by atoms with Crippen molar-refractivity contribution in [1.82, 2.24) is 9.80 Å². The van der Waals surface area contributed by atoms with E-state index in [0.29, 0.717) is 6.54 Å². The van der Waals surface area contributed by atoms with Crippen molar-refractivity contribution in [3.63, 3.8) is 0 Å². The van der Waals surface area contributed by atoms with Crippen LogP contribution in [0.2, 0.25) is 0 Å². The number of hydrogen-bond acceptors (Lipinski definition) is 6. The van der Waals surface area contributed by atoms with Gasteiger partial charge in [0.25, 0.3) is 0 Å². The van der Waals surface area contributed by atoms with E-state index in [2.05, 4.69) is 34.1 Å². The molecular weight excluding hydrogens is 332 g/mol. The number of piperazine rings is 1. The molecule has 1 saturated heterocycles. The Hall–Kier alpha value is -2.41. The first kappa shape index (κ1) is 18.4. The summed E-state index contributed by atoms with van der Waals surface area (Å²) in [7, 11) is 0. The minimum atomic E-state index is -0.514. The Morgan fingerprint density at radius 3 is 2.46 bits per heavy atom. The van der Waals surface area contributed by atoms with Gasteiger partial charge < -0.3 is 14.6 Å². The number of hydrogen-bond donors (Lipinski definition) is 2. The Labute approximate surface area is 152 Å². The molecule has 0 unspecified atom stereocenters. The van der Waals surface area contributed by atoms with Gasteiger partial charge in [0.2, 0.25) is 11.2 Å². The van der Waals surface area contributed by atoms with Gasteiger partial charge in [-0.1, -0.05) is 42.5 Å². The molecule has 26 heavy (non-hydrogen) atoms. The largest absolute Gasteiger partial charge is 0.502 e. The third kappa shape index (κ3) is 4.82. The average molecular weight is 356 g/mol. The molecule has 6 nitrogen and oxygen atoms in total. The van der Waals surface area contributed by atoms with Gasteiger partial charge in [-0.15, -0.1) is 0 Å². The second-order valence-electron chi connectivity index (χ2n) is 6.40. The van der Waals surface area contributed by atoms with E-state index in [0.717, 1.165) is 38.8 Å². The van der Waals surface area contributed by atoms with Crippen LogP contribution in [0.15, 0.2) is 51.7 Å². The van der Waals surface area contributed by atoms with Crippen molar-refractivity contribution in [2.45, 2.75) is 13.2 Å². The highest BCUT2D eigenvalue weighted by Crippen LogP contribution is 2.17. The molecular formula is C20H24N2O4. The Morgan fingerprint density at radius 1 is 1.08 bits per heavy atom. The van der Waals surface area contributed by atoms with Crippen LogP contribution in [0.25, 0.3) is 6.08 Å². The van der Waals surface area contributed by atoms with E-state index in [1.807, 2.05) is 18.2 Å². The zero-order chi connectivity index (χ0) is 18.4. The molecule has 2 heterocycles. The number of benzene rings is 1. The Morgan fingerprint density at radius 2 is 1.77 bits per heavy atom. The second kappa shape index (κ2) is 8.80. The lowest BCUT2D eigenvalue weighted by atomic mass is 10.2. The minimum absolute atomic E-state index is 0.174. The van der Waals surface area contributed by atoms with Crippen LogP contribution in [-0.2, 0) is 13.2 Å². The zero-order valence-electron chi connectivity index (χ0n) is 14.7. The quantitative estimate of drug-likeness (QED) is 0.820. The van der Waals surface area contributed by atoms with Crippen molar-refractivity contribution in [3.05, 3.63) is 69.8 Å². The van der Waals surface area contributed by atoms with E-state index in [1.165, 1.54) is 5.56 Å². The maximum atomic E-state index is 11.7. The van der Waals surface area contributed by atoms with E-state index >= 15 is 0 Å². The van der Waals surface area contributed by atoms with Gasteiger partial charge in [0.1, 0.15) is 12.4 Å². The topological polar surface area (TPSA) is 77.2 Å². The first-order chi connectivity index (χ1) is 12.7. The number of aliphatic hydroxyl groups is 1. The predicted molar refractivity (Wildman–Crippen MR) is 99.8 cm³/mol. The van der Waals surface area contributed by atoms with Crippen molar-refractivity contribution < 1.29 is 14.6 Å². The molecule has 1 aliphatic rings. The zero-order valence-corrected chi connectivity index (χ0v) is 14.7. The molecule has 0 saturated carbocycles. The summed E-state index contributed by atoms with van der Waals surface area (Å²) in [5.74, 6) is 0.0295. The van der Waals surface area contributed by atoms with Crippen LogP contribution in [0.5, 0.6) is 5.75 Å². The van der Waals surface area contributed by atoms with Crippen molar-refractivity contribution in [3.8, 4) is 5.75 Å². The third-order valence-electron chi connectivity index (χ3n) is 4.51. The molecule has 0 spiro atoms. The van der Waals surface area contributed by atoms with Crippen LogP contribution in [0.4, 0.5) is 0 Å². The second-order valence-corrected chi connectivity index (χ2v) is 6.40. The summed E-state index contributed by atoms with van der Waals surface area (Å²) in [5, 5.41) is 19.0. The summed E-state index contributed by atoms with van der Waals surface area (Å²) in [6, 6.07) is 11.3. The molecule has 2 N–H and O–H groups in total. The van der Waals surface area contributed by atoms with Gasteiger partial charge in [0, 0.05) is 38.8 Å². The summed E-state index contributed by atoms with van der Waals surface area (Å²) in [6.07, 6.45) is 4.29. The fraction of sp³-hybridized carbons (Fsp3) is 0.350. The Bertz CT molecular complexity index is 793. The molecule has 1 aromatic carbocycles. The number of aliphatic hydroxyl groups excluding tert-OH is 1. The molecule has 0 radical (unpaired) electrons.